The highest BCUT2D eigenvalue weighted by atomic mass is 16.5. The first-order valence-electron chi connectivity index (χ1n) is 10.1. The van der Waals surface area contributed by atoms with Crippen LogP contribution in [0, 0.1) is 0 Å². The quantitative estimate of drug-likeness (QED) is 0.455. The average Bonchev–Trinajstić information content (AvgIpc) is 3.29. The van der Waals surface area contributed by atoms with E-state index in [2.05, 4.69) is 15.3 Å². The van der Waals surface area contributed by atoms with Crippen LogP contribution in [-0.4, -0.2) is 22.0 Å². The summed E-state index contributed by atoms with van der Waals surface area (Å²) in [5, 5.41) is 2.93. The van der Waals surface area contributed by atoms with Crippen LogP contribution in [0.3, 0.4) is 0 Å². The van der Waals surface area contributed by atoms with Crippen LogP contribution in [0.4, 0.5) is 0 Å². The first kappa shape index (κ1) is 20.3. The lowest BCUT2D eigenvalue weighted by atomic mass is 10.1. The van der Waals surface area contributed by atoms with E-state index in [4.69, 9.17) is 9.15 Å². The smallest absolute Gasteiger partial charge is 0.252 e. The molecule has 1 amide bonds. The number of carbonyl (C=O) groups excluding carboxylic acids is 1. The van der Waals surface area contributed by atoms with Gasteiger partial charge in [-0.05, 0) is 31.5 Å². The highest BCUT2D eigenvalue weighted by molar-refractivity contribution is 6.00. The van der Waals surface area contributed by atoms with Crippen LogP contribution in [-0.2, 0) is 6.54 Å². The number of nitrogens with zero attached hydrogens (tertiary/aromatic N) is 2. The second-order valence-corrected chi connectivity index (χ2v) is 7.30. The molecule has 0 spiro atoms. The fraction of sp³-hybridized carbons (Fsp3) is 0.160. The molecule has 4 rings (SSSR count). The molecule has 0 aliphatic heterocycles. The molecule has 0 saturated carbocycles. The van der Waals surface area contributed by atoms with Gasteiger partial charge in [-0.3, -0.25) is 4.79 Å². The van der Waals surface area contributed by atoms with Gasteiger partial charge in [0.2, 0.25) is 11.8 Å². The third-order valence-corrected chi connectivity index (χ3v) is 4.57. The van der Waals surface area contributed by atoms with Crippen molar-refractivity contribution in [2.45, 2.75) is 26.5 Å². The molecule has 0 aliphatic rings. The number of pyridine rings is 1. The molecule has 2 aromatic heterocycles. The maximum Gasteiger partial charge on any atom is 0.252 e. The van der Waals surface area contributed by atoms with Crippen LogP contribution in [0.2, 0.25) is 0 Å². The fourth-order valence-corrected chi connectivity index (χ4v) is 3.11. The van der Waals surface area contributed by atoms with Crippen LogP contribution in [0.1, 0.15) is 29.8 Å². The summed E-state index contributed by atoms with van der Waals surface area (Å²) in [5.41, 5.74) is 2.95. The summed E-state index contributed by atoms with van der Waals surface area (Å²) in [5.74, 6) is 1.41. The Morgan fingerprint density at radius 2 is 1.74 bits per heavy atom. The van der Waals surface area contributed by atoms with Gasteiger partial charge in [0.25, 0.3) is 5.91 Å². The highest BCUT2D eigenvalue weighted by Gasteiger charge is 2.17. The molecule has 4 aromatic rings. The lowest BCUT2D eigenvalue weighted by Gasteiger charge is -2.10. The van der Waals surface area contributed by atoms with Crippen LogP contribution in [0.5, 0.6) is 5.88 Å². The van der Waals surface area contributed by atoms with Crippen molar-refractivity contribution >= 4 is 5.91 Å². The van der Waals surface area contributed by atoms with Gasteiger partial charge >= 0.3 is 0 Å². The Balaban J connectivity index is 1.48. The molecule has 0 unspecified atom stereocenters. The van der Waals surface area contributed by atoms with E-state index in [0.717, 1.165) is 11.1 Å². The molecular formula is C25H23N3O3. The Kier molecular flexibility index (Phi) is 6.08. The van der Waals surface area contributed by atoms with E-state index in [9.17, 15) is 4.79 Å². The number of carbonyl (C=O) groups is 1. The second-order valence-electron chi connectivity index (χ2n) is 7.30. The van der Waals surface area contributed by atoms with Gasteiger partial charge in [0.1, 0.15) is 0 Å². The van der Waals surface area contributed by atoms with Gasteiger partial charge in [-0.15, -0.1) is 0 Å². The molecule has 0 atom stereocenters. The molecule has 2 heterocycles. The molecule has 0 bridgehead atoms. The third kappa shape index (κ3) is 4.98. The van der Waals surface area contributed by atoms with Crippen LogP contribution >= 0.6 is 0 Å². The number of rotatable bonds is 7. The Bertz CT molecular complexity index is 1150. The van der Waals surface area contributed by atoms with Gasteiger partial charge in [-0.1, -0.05) is 48.5 Å². The van der Waals surface area contributed by atoms with E-state index >= 15 is 0 Å². The Labute approximate surface area is 180 Å². The molecule has 0 radical (unpaired) electrons. The lowest BCUT2D eigenvalue weighted by Crippen LogP contribution is -2.23. The van der Waals surface area contributed by atoms with Gasteiger partial charge in [0.15, 0.2) is 5.76 Å². The van der Waals surface area contributed by atoms with Crippen molar-refractivity contribution < 1.29 is 13.9 Å². The van der Waals surface area contributed by atoms with E-state index in [1.54, 1.807) is 24.5 Å². The number of aromatic nitrogens is 2. The van der Waals surface area contributed by atoms with Crippen molar-refractivity contribution in [3.8, 4) is 28.7 Å². The summed E-state index contributed by atoms with van der Waals surface area (Å²) in [6.07, 6.45) is 3.43. The van der Waals surface area contributed by atoms with E-state index in [1.165, 1.54) is 0 Å². The summed E-state index contributed by atoms with van der Waals surface area (Å²) in [4.78, 5) is 21.5. The van der Waals surface area contributed by atoms with Crippen LogP contribution < -0.4 is 10.1 Å². The number of oxazole rings is 1. The van der Waals surface area contributed by atoms with Gasteiger partial charge in [-0.25, -0.2) is 9.97 Å². The number of amides is 1. The molecule has 6 nitrogen and oxygen atoms in total. The van der Waals surface area contributed by atoms with E-state index in [1.807, 2.05) is 68.4 Å². The van der Waals surface area contributed by atoms with Crippen molar-refractivity contribution in [3.63, 3.8) is 0 Å². The molecule has 156 valence electrons. The average molecular weight is 413 g/mol. The topological polar surface area (TPSA) is 77.2 Å². The maximum atomic E-state index is 12.9. The number of nitrogens with one attached hydrogen (secondary N) is 1. The third-order valence-electron chi connectivity index (χ3n) is 4.57. The monoisotopic (exact) mass is 413 g/mol. The minimum atomic E-state index is -0.211. The highest BCUT2D eigenvalue weighted by Crippen LogP contribution is 2.28. The van der Waals surface area contributed by atoms with Crippen molar-refractivity contribution in [2.75, 3.05) is 0 Å². The van der Waals surface area contributed by atoms with E-state index in [-0.39, 0.29) is 12.0 Å². The summed E-state index contributed by atoms with van der Waals surface area (Å²) < 4.78 is 11.5. The fourth-order valence-electron chi connectivity index (χ4n) is 3.11. The second kappa shape index (κ2) is 9.26. The van der Waals surface area contributed by atoms with Gasteiger partial charge < -0.3 is 14.5 Å². The zero-order valence-corrected chi connectivity index (χ0v) is 17.4. The minimum Gasteiger partial charge on any atom is -0.475 e. The number of hydrogen-bond donors (Lipinski definition) is 1. The molecule has 2 aromatic carbocycles. The molecule has 31 heavy (non-hydrogen) atoms. The predicted octanol–water partition coefficient (Wildman–Crippen LogP) is 5.12. The SMILES string of the molecule is CC(C)Oc1ccc(CNC(=O)c2ccccc2-c2ncc(-c3ccccc3)o2)cn1. The first-order valence-corrected chi connectivity index (χ1v) is 10.1. The van der Waals surface area contributed by atoms with Gasteiger partial charge in [-0.2, -0.15) is 0 Å². The van der Waals surface area contributed by atoms with Crippen molar-refractivity contribution in [1.82, 2.24) is 15.3 Å². The van der Waals surface area contributed by atoms with E-state index in [0.29, 0.717) is 35.2 Å². The molecule has 6 heteroatoms. The zero-order chi connectivity index (χ0) is 21.6. The van der Waals surface area contributed by atoms with Crippen molar-refractivity contribution in [1.29, 1.82) is 0 Å². The zero-order valence-electron chi connectivity index (χ0n) is 17.4. The summed E-state index contributed by atoms with van der Waals surface area (Å²) in [6.45, 7) is 4.25. The van der Waals surface area contributed by atoms with Gasteiger partial charge in [0, 0.05) is 29.9 Å². The lowest BCUT2D eigenvalue weighted by molar-refractivity contribution is 0.0951. The largest absolute Gasteiger partial charge is 0.475 e. The Morgan fingerprint density at radius 1 is 0.968 bits per heavy atom. The van der Waals surface area contributed by atoms with E-state index < -0.39 is 0 Å². The number of hydrogen-bond acceptors (Lipinski definition) is 5. The van der Waals surface area contributed by atoms with Crippen molar-refractivity contribution in [3.05, 3.63) is 90.3 Å². The van der Waals surface area contributed by atoms with Gasteiger partial charge in [0.05, 0.1) is 17.9 Å². The van der Waals surface area contributed by atoms with Crippen LogP contribution in [0.15, 0.2) is 83.5 Å². The minimum absolute atomic E-state index is 0.0622. The molecule has 0 fully saturated rings. The summed E-state index contributed by atoms with van der Waals surface area (Å²) in [7, 11) is 0. The number of ether oxygens (including phenoxy) is 1. The first-order chi connectivity index (χ1) is 15.1. The standard InChI is InChI=1S/C25H23N3O3/c1-17(2)30-23-13-12-18(14-26-23)15-27-24(29)20-10-6-7-11-21(20)25-28-16-22(31-25)19-8-4-3-5-9-19/h3-14,16-17H,15H2,1-2H3,(H,27,29). The maximum absolute atomic E-state index is 12.9. The van der Waals surface area contributed by atoms with Crippen molar-refractivity contribution in [2.24, 2.45) is 0 Å². The summed E-state index contributed by atoms with van der Waals surface area (Å²) in [6, 6.07) is 20.7. The van der Waals surface area contributed by atoms with Crippen LogP contribution in [0.25, 0.3) is 22.8 Å². The molecule has 0 aliphatic carbocycles. The summed E-state index contributed by atoms with van der Waals surface area (Å²) >= 11 is 0. The molecular weight excluding hydrogens is 390 g/mol. The molecule has 1 N–H and O–H groups in total. The Hall–Kier alpha value is -3.93. The molecule has 0 saturated heterocycles. The number of benzene rings is 2. The predicted molar refractivity (Wildman–Crippen MR) is 119 cm³/mol. The Morgan fingerprint density at radius 3 is 2.48 bits per heavy atom. The normalized spacial score (nSPS) is 10.8.